The summed E-state index contributed by atoms with van der Waals surface area (Å²) >= 11 is 0. The molecule has 16 nitrogen and oxygen atoms in total. The normalized spacial score (nSPS) is 20.8. The number of allylic oxidation sites excluding steroid dienone is 2. The maximum atomic E-state index is 13.0. The predicted octanol–water partition coefficient (Wildman–Crippen LogP) is 4.28. The molecule has 2 saturated heterocycles. The van der Waals surface area contributed by atoms with Gasteiger partial charge in [-0.25, -0.2) is 23.1 Å². The number of likely N-dealkylation sites (N-methyl/N-ethyl adjacent to an activating group) is 2. The van der Waals surface area contributed by atoms with Crippen molar-refractivity contribution in [1.82, 2.24) is 24.3 Å². The number of primary sulfonamides is 1. The average molecular weight is 917 g/mol. The van der Waals surface area contributed by atoms with Crippen molar-refractivity contribution in [3.63, 3.8) is 0 Å². The zero-order chi connectivity index (χ0) is 45.8. The number of carbonyl (C=O) groups excluding carboxylic acids is 1. The van der Waals surface area contributed by atoms with Crippen LogP contribution in [0.15, 0.2) is 45.9 Å². The van der Waals surface area contributed by atoms with Gasteiger partial charge in [0.1, 0.15) is 11.3 Å². The lowest BCUT2D eigenvalue weighted by Gasteiger charge is -2.49. The molecule has 2 fully saturated rings. The number of sulfonamides is 2. The van der Waals surface area contributed by atoms with Crippen LogP contribution in [0.25, 0.3) is 0 Å². The molecule has 1 aromatic heterocycles. The fourth-order valence-corrected chi connectivity index (χ4v) is 12.1. The molecule has 7 aliphatic rings. The molecule has 3 aromatic rings. The maximum Gasteiger partial charge on any atom is 0.333 e. The number of aromatic nitrogens is 2. The van der Waals surface area contributed by atoms with Crippen molar-refractivity contribution in [3.05, 3.63) is 91.0 Å². The second-order valence-electron chi connectivity index (χ2n) is 18.5. The van der Waals surface area contributed by atoms with E-state index >= 15 is 0 Å². The Kier molecular flexibility index (Phi) is 12.7. The summed E-state index contributed by atoms with van der Waals surface area (Å²) in [6, 6.07) is 5.39. The summed E-state index contributed by atoms with van der Waals surface area (Å²) in [5, 5.41) is 20.8. The third kappa shape index (κ3) is 8.40. The molecule has 10 rings (SSSR count). The highest BCUT2D eigenvalue weighted by atomic mass is 32.2. The first-order valence-electron chi connectivity index (χ1n) is 22.1. The van der Waals surface area contributed by atoms with Crippen LogP contribution in [0.3, 0.4) is 0 Å². The van der Waals surface area contributed by atoms with E-state index in [0.29, 0.717) is 26.4 Å². The molecule has 3 heterocycles. The van der Waals surface area contributed by atoms with Crippen LogP contribution in [0.1, 0.15) is 82.8 Å². The molecule has 0 bridgehead atoms. The maximum absolute atomic E-state index is 13.0. The summed E-state index contributed by atoms with van der Waals surface area (Å²) in [5.41, 5.74) is 12.3. The van der Waals surface area contributed by atoms with Gasteiger partial charge in [-0.1, -0.05) is 25.1 Å². The minimum Gasteiger partial charge on any atom is -0.387 e. The Morgan fingerprint density at radius 1 is 0.812 bits per heavy atom. The zero-order valence-electron chi connectivity index (χ0n) is 37.7. The lowest BCUT2D eigenvalue weighted by Crippen LogP contribution is -2.61. The number of anilines is 1. The minimum atomic E-state index is -4.13. The van der Waals surface area contributed by atoms with Crippen molar-refractivity contribution in [2.75, 3.05) is 59.9 Å². The number of urea groups is 1. The number of hydrogen-bond donors (Lipinski definition) is 3. The highest BCUT2D eigenvalue weighted by Gasteiger charge is 2.48. The van der Waals surface area contributed by atoms with Gasteiger partial charge in [0, 0.05) is 18.8 Å². The summed E-state index contributed by atoms with van der Waals surface area (Å²) in [7, 11) is 1.76. The summed E-state index contributed by atoms with van der Waals surface area (Å²) in [5.74, 6) is 0.981. The van der Waals surface area contributed by atoms with E-state index < -0.39 is 31.6 Å². The first-order valence-corrected chi connectivity index (χ1v) is 25.2. The monoisotopic (exact) mass is 916 g/mol. The zero-order valence-corrected chi connectivity index (χ0v) is 39.3. The number of amides is 2. The van der Waals surface area contributed by atoms with Crippen molar-refractivity contribution < 1.29 is 35.8 Å². The number of nitrogens with two attached hydrogens (primary N) is 1. The lowest BCUT2D eigenvalue weighted by atomic mass is 9.81. The van der Waals surface area contributed by atoms with Crippen molar-refractivity contribution in [2.45, 2.75) is 100 Å². The molecule has 1 atom stereocenters. The van der Waals surface area contributed by atoms with E-state index in [2.05, 4.69) is 32.2 Å². The lowest BCUT2D eigenvalue weighted by molar-refractivity contribution is -0.134. The molecule has 0 saturated carbocycles. The fraction of sp³-hybridized carbons (Fsp3) is 0.543. The Balaban J connectivity index is 0.000000146. The fourth-order valence-electron chi connectivity index (χ4n) is 10.5. The van der Waals surface area contributed by atoms with Crippen LogP contribution in [-0.4, -0.2) is 103 Å². The molecule has 0 spiro atoms. The SMILES string of the molecule is CC1C=C(S(N)(=O)=O)C=C1C1(N(C)C)COC1.CN(C)C1(c2cc(S(=O)(=O)NC(=O)Nc3c4c(cc5c3CCC5)CCC4)nn2C)COC1.N#COc1c2c(cc3c1CCC3)CCC2. The van der Waals surface area contributed by atoms with E-state index in [9.17, 15) is 21.6 Å². The highest BCUT2D eigenvalue weighted by molar-refractivity contribution is 7.93. The second kappa shape index (κ2) is 17.6. The molecule has 64 heavy (non-hydrogen) atoms. The molecular weight excluding hydrogens is 857 g/mol. The first kappa shape index (κ1) is 45.9. The molecule has 344 valence electrons. The van der Waals surface area contributed by atoms with Gasteiger partial charge < -0.3 is 19.5 Å². The molecule has 2 aromatic carbocycles. The van der Waals surface area contributed by atoms with Gasteiger partial charge in [0.2, 0.25) is 10.0 Å². The molecule has 1 unspecified atom stereocenters. The summed E-state index contributed by atoms with van der Waals surface area (Å²) in [6.07, 6.45) is 18.1. The Morgan fingerprint density at radius 2 is 1.30 bits per heavy atom. The number of fused-ring (bicyclic) bond motifs is 4. The van der Waals surface area contributed by atoms with Gasteiger partial charge in [0.15, 0.2) is 5.03 Å². The smallest absolute Gasteiger partial charge is 0.333 e. The molecule has 0 radical (unpaired) electrons. The Bertz CT molecular complexity index is 2630. The number of carbonyl (C=O) groups is 1. The van der Waals surface area contributed by atoms with Crippen LogP contribution >= 0.6 is 0 Å². The van der Waals surface area contributed by atoms with Crippen LogP contribution < -0.4 is 19.9 Å². The third-order valence-electron chi connectivity index (χ3n) is 14.3. The van der Waals surface area contributed by atoms with E-state index in [1.165, 1.54) is 52.3 Å². The largest absolute Gasteiger partial charge is 0.387 e. The number of ether oxygens (including phenoxy) is 3. The van der Waals surface area contributed by atoms with Gasteiger partial charge in [-0.2, -0.15) is 13.5 Å². The van der Waals surface area contributed by atoms with Gasteiger partial charge >= 0.3 is 6.03 Å². The van der Waals surface area contributed by atoms with Crippen LogP contribution in [0, 0.1) is 17.4 Å². The van der Waals surface area contributed by atoms with Crippen LogP contribution in [0.5, 0.6) is 5.75 Å². The van der Waals surface area contributed by atoms with E-state index in [0.717, 1.165) is 98.0 Å². The number of hydrogen-bond acceptors (Lipinski definition) is 12. The number of rotatable bonds is 9. The number of benzene rings is 2. The summed E-state index contributed by atoms with van der Waals surface area (Å²) in [4.78, 5) is 17.1. The molecule has 5 aliphatic carbocycles. The van der Waals surface area contributed by atoms with Gasteiger partial charge in [-0.15, -0.1) is 5.26 Å². The molecular formula is C46H60N8O8S2. The standard InChI is InChI=1S/C22H29N5O4S.C13H13NO.C11H18N2O3S/c1-26(2)22(12-31-13-22)18-11-19(24-27(18)3)32(29,30)25-21(28)23-20-16-8-4-6-14(16)10-15-7-5-9-17(15)20;14-8-15-13-11-5-1-3-9(11)7-10-4-2-6-12(10)13;1-8-4-9(17(12,14)15)5-10(8)11(13(2)3)6-16-7-11/h10-11H,4-9,12-13H2,1-3H3,(H2,23,25,28);7H,1-6H2;4-5,8H,6-7H2,1-3H3,(H2,12,14,15). The molecule has 18 heteroatoms. The van der Waals surface area contributed by atoms with Gasteiger partial charge in [0.05, 0.1) is 42.6 Å². The average Bonchev–Trinajstić information content (AvgIpc) is 4.04. The van der Waals surface area contributed by atoms with Gasteiger partial charge in [-0.05, 0) is 167 Å². The quantitative estimate of drug-likeness (QED) is 0.257. The third-order valence-corrected chi connectivity index (χ3v) is 16.4. The molecule has 4 N–H and O–H groups in total. The van der Waals surface area contributed by atoms with Crippen molar-refractivity contribution >= 4 is 31.8 Å². The number of aryl methyl sites for hydroxylation is 5. The number of nitrogens with one attached hydrogen (secondary N) is 2. The number of nitriles is 1. The predicted molar refractivity (Wildman–Crippen MR) is 242 cm³/mol. The van der Waals surface area contributed by atoms with Gasteiger partial charge in [-0.3, -0.25) is 14.5 Å². The second-order valence-corrected chi connectivity index (χ2v) is 21.7. The summed E-state index contributed by atoms with van der Waals surface area (Å²) < 4.78 is 68.2. The Labute approximate surface area is 376 Å². The minimum absolute atomic E-state index is 0.0784. The van der Waals surface area contributed by atoms with E-state index in [-0.39, 0.29) is 21.4 Å². The van der Waals surface area contributed by atoms with Crippen LogP contribution in [-0.2, 0) is 93.5 Å². The van der Waals surface area contributed by atoms with Gasteiger partial charge in [0.25, 0.3) is 16.3 Å². The van der Waals surface area contributed by atoms with Crippen LogP contribution in [0.2, 0.25) is 0 Å². The van der Waals surface area contributed by atoms with E-state index in [1.807, 2.05) is 46.3 Å². The Hall–Kier alpha value is -4.61. The Morgan fingerprint density at radius 3 is 1.72 bits per heavy atom. The molecule has 2 aliphatic heterocycles. The van der Waals surface area contributed by atoms with Crippen molar-refractivity contribution in [2.24, 2.45) is 18.1 Å². The number of nitrogens with zero attached hydrogens (tertiary/aromatic N) is 5. The van der Waals surface area contributed by atoms with E-state index in [1.54, 1.807) is 23.9 Å². The first-order chi connectivity index (χ1) is 30.4. The van der Waals surface area contributed by atoms with Crippen LogP contribution in [0.4, 0.5) is 10.5 Å². The van der Waals surface area contributed by atoms with E-state index in [4.69, 9.17) is 24.6 Å². The van der Waals surface area contributed by atoms with Crippen molar-refractivity contribution in [1.29, 1.82) is 5.26 Å². The summed E-state index contributed by atoms with van der Waals surface area (Å²) in [6.45, 7) is 4.09. The molecule has 2 amide bonds. The van der Waals surface area contributed by atoms with Crippen molar-refractivity contribution in [3.8, 4) is 12.0 Å². The topological polar surface area (TPSA) is 211 Å². The highest BCUT2D eigenvalue weighted by Crippen LogP contribution is 2.43.